The standard InChI is InChI=1S/C17H17Cl2N5O3/c1-8-13(25)14(26)17(27-8)24-7-23-12-15(21-6-22-16(12)24)20-5-9-2-3-10(18)11(19)4-9/h2-4,6-8,13-14,17,25-26H,5H2,1H3,(H,20,21,22)/t8-,13-,14-,17-/m1/s1. The minimum Gasteiger partial charge on any atom is -0.388 e. The molecule has 142 valence electrons. The van der Waals surface area contributed by atoms with Crippen molar-refractivity contribution >= 4 is 40.2 Å². The monoisotopic (exact) mass is 409 g/mol. The minimum atomic E-state index is -1.07. The lowest BCUT2D eigenvalue weighted by atomic mass is 10.1. The van der Waals surface area contributed by atoms with Crippen molar-refractivity contribution < 1.29 is 14.9 Å². The van der Waals surface area contributed by atoms with Crippen molar-refractivity contribution in [3.63, 3.8) is 0 Å². The average Bonchev–Trinajstić information content (AvgIpc) is 3.19. The Balaban J connectivity index is 1.60. The normalized spacial score (nSPS) is 25.2. The number of rotatable bonds is 4. The van der Waals surface area contributed by atoms with Gasteiger partial charge in [-0.3, -0.25) is 4.57 Å². The number of benzene rings is 1. The number of aliphatic hydroxyl groups is 2. The van der Waals surface area contributed by atoms with Crippen molar-refractivity contribution in [2.24, 2.45) is 0 Å². The Hall–Kier alpha value is -1.97. The third-order valence-electron chi connectivity index (χ3n) is 4.55. The van der Waals surface area contributed by atoms with Crippen LogP contribution in [0.3, 0.4) is 0 Å². The number of nitrogens with one attached hydrogen (secondary N) is 1. The van der Waals surface area contributed by atoms with E-state index in [0.29, 0.717) is 33.6 Å². The molecule has 0 bridgehead atoms. The summed E-state index contributed by atoms with van der Waals surface area (Å²) in [7, 11) is 0. The van der Waals surface area contributed by atoms with E-state index < -0.39 is 24.5 Å². The van der Waals surface area contributed by atoms with Crippen molar-refractivity contribution in [2.75, 3.05) is 5.32 Å². The van der Waals surface area contributed by atoms with Gasteiger partial charge in [0.05, 0.1) is 22.5 Å². The molecule has 0 radical (unpaired) electrons. The second-order valence-electron chi connectivity index (χ2n) is 6.36. The van der Waals surface area contributed by atoms with Crippen LogP contribution in [0.5, 0.6) is 0 Å². The van der Waals surface area contributed by atoms with E-state index in [1.807, 2.05) is 6.07 Å². The predicted octanol–water partition coefficient (Wildman–Crippen LogP) is 2.38. The van der Waals surface area contributed by atoms with Crippen LogP contribution in [0, 0.1) is 0 Å². The molecule has 4 rings (SSSR count). The number of aliphatic hydroxyl groups excluding tert-OH is 2. The van der Waals surface area contributed by atoms with Gasteiger partial charge in [-0.05, 0) is 24.6 Å². The molecule has 3 aromatic rings. The molecule has 1 saturated heterocycles. The summed E-state index contributed by atoms with van der Waals surface area (Å²) >= 11 is 12.0. The number of anilines is 1. The largest absolute Gasteiger partial charge is 0.388 e. The van der Waals surface area contributed by atoms with E-state index in [0.717, 1.165) is 5.56 Å². The summed E-state index contributed by atoms with van der Waals surface area (Å²) in [5, 5.41) is 24.3. The molecule has 1 aliphatic rings. The summed E-state index contributed by atoms with van der Waals surface area (Å²) in [6, 6.07) is 5.37. The number of hydrogen-bond acceptors (Lipinski definition) is 7. The van der Waals surface area contributed by atoms with Gasteiger partial charge in [0.1, 0.15) is 18.5 Å². The minimum absolute atomic E-state index is 0.466. The summed E-state index contributed by atoms with van der Waals surface area (Å²) in [6.07, 6.45) is -0.378. The molecule has 3 N–H and O–H groups in total. The van der Waals surface area contributed by atoms with Gasteiger partial charge in [0.15, 0.2) is 23.2 Å². The van der Waals surface area contributed by atoms with Crippen molar-refractivity contribution in [3.8, 4) is 0 Å². The van der Waals surface area contributed by atoms with Crippen LogP contribution in [0.15, 0.2) is 30.9 Å². The highest BCUT2D eigenvalue weighted by atomic mass is 35.5. The van der Waals surface area contributed by atoms with Crippen LogP contribution >= 0.6 is 23.2 Å². The first-order chi connectivity index (χ1) is 13.0. The van der Waals surface area contributed by atoms with Crippen LogP contribution in [-0.2, 0) is 11.3 Å². The van der Waals surface area contributed by atoms with Crippen molar-refractivity contribution in [1.29, 1.82) is 0 Å². The second kappa shape index (κ2) is 7.21. The zero-order valence-corrected chi connectivity index (χ0v) is 15.8. The molecule has 10 heteroatoms. The highest BCUT2D eigenvalue weighted by Gasteiger charge is 2.42. The highest BCUT2D eigenvalue weighted by molar-refractivity contribution is 6.42. The van der Waals surface area contributed by atoms with Gasteiger partial charge in [-0.1, -0.05) is 29.3 Å². The van der Waals surface area contributed by atoms with Gasteiger partial charge in [0.2, 0.25) is 0 Å². The fourth-order valence-electron chi connectivity index (χ4n) is 3.06. The zero-order chi connectivity index (χ0) is 19.1. The maximum Gasteiger partial charge on any atom is 0.167 e. The van der Waals surface area contributed by atoms with Gasteiger partial charge >= 0.3 is 0 Å². The Morgan fingerprint density at radius 3 is 2.67 bits per heavy atom. The number of halogens is 2. The maximum atomic E-state index is 10.2. The number of aromatic nitrogens is 4. The highest BCUT2D eigenvalue weighted by Crippen LogP contribution is 2.32. The molecular formula is C17H17Cl2N5O3. The quantitative estimate of drug-likeness (QED) is 0.607. The summed E-state index contributed by atoms with van der Waals surface area (Å²) < 4.78 is 7.24. The van der Waals surface area contributed by atoms with Gasteiger partial charge < -0.3 is 20.3 Å². The summed E-state index contributed by atoms with van der Waals surface area (Å²) in [5.41, 5.74) is 1.96. The van der Waals surface area contributed by atoms with Gasteiger partial charge in [0, 0.05) is 6.54 Å². The number of hydrogen-bond donors (Lipinski definition) is 3. The molecule has 1 fully saturated rings. The third kappa shape index (κ3) is 3.35. The first-order valence-corrected chi connectivity index (χ1v) is 9.08. The molecule has 2 aromatic heterocycles. The lowest BCUT2D eigenvalue weighted by Gasteiger charge is -2.16. The van der Waals surface area contributed by atoms with Crippen LogP contribution in [-0.4, -0.2) is 48.0 Å². The van der Waals surface area contributed by atoms with Crippen molar-refractivity contribution in [2.45, 2.75) is 38.0 Å². The van der Waals surface area contributed by atoms with Crippen LogP contribution in [0.4, 0.5) is 5.82 Å². The summed E-state index contributed by atoms with van der Waals surface area (Å²) in [6.45, 7) is 2.17. The molecule has 0 saturated carbocycles. The number of fused-ring (bicyclic) bond motifs is 1. The Bertz CT molecular complexity index is 982. The summed E-state index contributed by atoms with van der Waals surface area (Å²) in [5.74, 6) is 0.533. The van der Waals surface area contributed by atoms with E-state index in [1.165, 1.54) is 12.7 Å². The Labute approximate surface area is 164 Å². The van der Waals surface area contributed by atoms with E-state index in [2.05, 4.69) is 20.3 Å². The van der Waals surface area contributed by atoms with Gasteiger partial charge in [-0.2, -0.15) is 0 Å². The smallest absolute Gasteiger partial charge is 0.167 e. The van der Waals surface area contributed by atoms with E-state index in [4.69, 9.17) is 27.9 Å². The Kier molecular flexibility index (Phi) is 4.92. The molecule has 4 atom stereocenters. The van der Waals surface area contributed by atoms with Crippen LogP contribution < -0.4 is 5.32 Å². The van der Waals surface area contributed by atoms with Crippen molar-refractivity contribution in [3.05, 3.63) is 46.5 Å². The Morgan fingerprint density at radius 1 is 1.15 bits per heavy atom. The van der Waals surface area contributed by atoms with E-state index in [-0.39, 0.29) is 0 Å². The number of ether oxygens (including phenoxy) is 1. The van der Waals surface area contributed by atoms with Crippen LogP contribution in [0.2, 0.25) is 10.0 Å². The molecule has 3 heterocycles. The van der Waals surface area contributed by atoms with E-state index in [1.54, 1.807) is 23.6 Å². The van der Waals surface area contributed by atoms with Crippen molar-refractivity contribution in [1.82, 2.24) is 19.5 Å². The maximum absolute atomic E-state index is 10.2. The van der Waals surface area contributed by atoms with Gasteiger partial charge in [0.25, 0.3) is 0 Å². The molecule has 27 heavy (non-hydrogen) atoms. The number of imidazole rings is 1. The SMILES string of the molecule is C[C@H]1O[C@@H](n2cnc3c(NCc4ccc(Cl)c(Cl)c4)ncnc32)[C@H](O)[C@@H]1O. The fourth-order valence-corrected chi connectivity index (χ4v) is 3.38. The first kappa shape index (κ1) is 18.4. The topological polar surface area (TPSA) is 105 Å². The number of nitrogens with zero attached hydrogens (tertiary/aromatic N) is 4. The lowest BCUT2D eigenvalue weighted by Crippen LogP contribution is -2.30. The average molecular weight is 410 g/mol. The molecular weight excluding hydrogens is 393 g/mol. The molecule has 1 aliphatic heterocycles. The van der Waals surface area contributed by atoms with Crippen LogP contribution in [0.25, 0.3) is 11.2 Å². The zero-order valence-electron chi connectivity index (χ0n) is 14.3. The van der Waals surface area contributed by atoms with E-state index in [9.17, 15) is 10.2 Å². The molecule has 1 aromatic carbocycles. The molecule has 0 unspecified atom stereocenters. The molecule has 8 nitrogen and oxygen atoms in total. The molecule has 0 aliphatic carbocycles. The van der Waals surface area contributed by atoms with Gasteiger partial charge in [-0.25, -0.2) is 15.0 Å². The fraction of sp³-hybridized carbons (Fsp3) is 0.353. The van der Waals surface area contributed by atoms with Gasteiger partial charge in [-0.15, -0.1) is 0 Å². The van der Waals surface area contributed by atoms with Crippen LogP contribution in [0.1, 0.15) is 18.7 Å². The molecule has 0 spiro atoms. The predicted molar refractivity (Wildman–Crippen MR) is 101 cm³/mol. The summed E-state index contributed by atoms with van der Waals surface area (Å²) in [4.78, 5) is 12.8. The third-order valence-corrected chi connectivity index (χ3v) is 5.29. The lowest BCUT2D eigenvalue weighted by molar-refractivity contribution is -0.0299. The second-order valence-corrected chi connectivity index (χ2v) is 7.18. The van der Waals surface area contributed by atoms with E-state index >= 15 is 0 Å². The Morgan fingerprint density at radius 2 is 1.96 bits per heavy atom. The first-order valence-electron chi connectivity index (χ1n) is 8.32. The molecule has 0 amide bonds.